The van der Waals surface area contributed by atoms with Gasteiger partial charge in [-0.05, 0) is 47.9 Å². The highest BCUT2D eigenvalue weighted by molar-refractivity contribution is 5.99. The van der Waals surface area contributed by atoms with E-state index in [1.165, 1.54) is 11.6 Å². The van der Waals surface area contributed by atoms with E-state index in [-0.39, 0.29) is 17.2 Å². The zero-order valence-corrected chi connectivity index (χ0v) is 13.4. The fourth-order valence-corrected chi connectivity index (χ4v) is 2.65. The van der Waals surface area contributed by atoms with E-state index in [1.807, 2.05) is 24.3 Å². The highest BCUT2D eigenvalue weighted by Gasteiger charge is 2.29. The Hall–Kier alpha value is -1.65. The lowest BCUT2D eigenvalue weighted by atomic mass is 9.87. The summed E-state index contributed by atoms with van der Waals surface area (Å²) in [4.78, 5) is 11.9. The van der Waals surface area contributed by atoms with Crippen LogP contribution in [0.5, 0.6) is 0 Å². The molecule has 1 saturated carbocycles. The minimum atomic E-state index is -0.678. The molecule has 0 aromatic heterocycles. The molecule has 1 aromatic carbocycles. The molecule has 4 nitrogen and oxygen atoms in total. The van der Waals surface area contributed by atoms with Gasteiger partial charge in [-0.1, -0.05) is 39.0 Å². The highest BCUT2D eigenvalue weighted by Crippen LogP contribution is 2.27. The second-order valence-electron chi connectivity index (χ2n) is 7.04. The highest BCUT2D eigenvalue weighted by atomic mass is 16.3. The van der Waals surface area contributed by atoms with Gasteiger partial charge in [0.05, 0.1) is 12.2 Å². The molecule has 0 aliphatic heterocycles. The van der Waals surface area contributed by atoms with E-state index in [0.717, 1.165) is 5.69 Å². The Balaban J connectivity index is 1.89. The minimum absolute atomic E-state index is 0.0546. The van der Waals surface area contributed by atoms with Crippen LogP contribution in [0.1, 0.15) is 39.2 Å². The van der Waals surface area contributed by atoms with Crippen molar-refractivity contribution in [2.75, 3.05) is 5.32 Å². The second-order valence-corrected chi connectivity index (χ2v) is 7.04. The number of hydrogen-bond acceptors (Lipinski definition) is 3. The minimum Gasteiger partial charge on any atom is -0.390 e. The van der Waals surface area contributed by atoms with Crippen molar-refractivity contribution in [1.82, 2.24) is 0 Å². The van der Waals surface area contributed by atoms with Crippen molar-refractivity contribution in [3.63, 3.8) is 0 Å². The van der Waals surface area contributed by atoms with E-state index >= 15 is 0 Å². The molecule has 2 rings (SSSR count). The first-order valence-electron chi connectivity index (χ1n) is 7.71. The lowest BCUT2D eigenvalue weighted by Gasteiger charge is -2.19. The Bertz CT molecular complexity index is 532. The number of amides is 1. The summed E-state index contributed by atoms with van der Waals surface area (Å²) in [5.74, 6) is -0.140. The molecule has 1 amide bonds. The van der Waals surface area contributed by atoms with Gasteiger partial charge in [0.2, 0.25) is 5.91 Å². The maximum Gasteiger partial charge on any atom is 0.248 e. The topological polar surface area (TPSA) is 69.6 Å². The Morgan fingerprint density at radius 3 is 2.18 bits per heavy atom. The zero-order chi connectivity index (χ0) is 16.3. The summed E-state index contributed by atoms with van der Waals surface area (Å²) < 4.78 is 0. The number of benzene rings is 1. The van der Waals surface area contributed by atoms with Crippen molar-refractivity contribution >= 4 is 11.6 Å². The van der Waals surface area contributed by atoms with Crippen molar-refractivity contribution in [2.24, 2.45) is 5.92 Å². The van der Waals surface area contributed by atoms with Gasteiger partial charge in [-0.3, -0.25) is 4.79 Å². The molecule has 120 valence electrons. The monoisotopic (exact) mass is 303 g/mol. The molecule has 0 heterocycles. The van der Waals surface area contributed by atoms with Crippen LogP contribution in [0.15, 0.2) is 36.4 Å². The SMILES string of the molecule is CC(C)(C)c1ccc(NC(=O)/C=C/C2C[C@@H](O)[C@@H](O)C2)cc1. The smallest absolute Gasteiger partial charge is 0.248 e. The molecule has 0 spiro atoms. The molecule has 1 aliphatic rings. The Labute approximate surface area is 131 Å². The van der Waals surface area contributed by atoms with Crippen LogP contribution in [-0.4, -0.2) is 28.3 Å². The largest absolute Gasteiger partial charge is 0.390 e. The molecular weight excluding hydrogens is 278 g/mol. The number of rotatable bonds is 3. The van der Waals surface area contributed by atoms with Crippen LogP contribution in [0, 0.1) is 5.92 Å². The molecule has 0 radical (unpaired) electrons. The first-order valence-corrected chi connectivity index (χ1v) is 7.71. The average molecular weight is 303 g/mol. The molecular formula is C18H25NO3. The summed E-state index contributed by atoms with van der Waals surface area (Å²) >= 11 is 0. The van der Waals surface area contributed by atoms with Crippen LogP contribution in [-0.2, 0) is 10.2 Å². The molecule has 1 unspecified atom stereocenters. The number of nitrogens with one attached hydrogen (secondary N) is 1. The van der Waals surface area contributed by atoms with E-state index in [9.17, 15) is 15.0 Å². The van der Waals surface area contributed by atoms with Crippen molar-refractivity contribution in [1.29, 1.82) is 0 Å². The van der Waals surface area contributed by atoms with Gasteiger partial charge in [-0.2, -0.15) is 0 Å². The van der Waals surface area contributed by atoms with E-state index in [2.05, 4.69) is 26.1 Å². The third-order valence-electron chi connectivity index (χ3n) is 4.07. The lowest BCUT2D eigenvalue weighted by molar-refractivity contribution is -0.111. The normalized spacial score (nSPS) is 25.6. The van der Waals surface area contributed by atoms with Gasteiger partial charge < -0.3 is 15.5 Å². The Morgan fingerprint density at radius 1 is 1.14 bits per heavy atom. The number of carbonyl (C=O) groups is 1. The number of allylic oxidation sites excluding steroid dienone is 1. The maximum atomic E-state index is 11.9. The van der Waals surface area contributed by atoms with Gasteiger partial charge in [0.15, 0.2) is 0 Å². The summed E-state index contributed by atoms with van der Waals surface area (Å²) in [5.41, 5.74) is 2.07. The summed E-state index contributed by atoms with van der Waals surface area (Å²) in [6.45, 7) is 6.44. The van der Waals surface area contributed by atoms with Gasteiger partial charge in [0.1, 0.15) is 0 Å². The lowest BCUT2D eigenvalue weighted by Crippen LogP contribution is -2.17. The number of carbonyl (C=O) groups excluding carboxylic acids is 1. The molecule has 3 atom stereocenters. The molecule has 0 saturated heterocycles. The van der Waals surface area contributed by atoms with Gasteiger partial charge in [0, 0.05) is 5.69 Å². The van der Waals surface area contributed by atoms with Crippen LogP contribution < -0.4 is 5.32 Å². The molecule has 3 N–H and O–H groups in total. The Morgan fingerprint density at radius 2 is 1.68 bits per heavy atom. The number of aliphatic hydroxyl groups is 2. The zero-order valence-electron chi connectivity index (χ0n) is 13.4. The first-order chi connectivity index (χ1) is 10.3. The van der Waals surface area contributed by atoms with Crippen LogP contribution in [0.25, 0.3) is 0 Å². The van der Waals surface area contributed by atoms with Crippen molar-refractivity contribution in [3.8, 4) is 0 Å². The van der Waals surface area contributed by atoms with Crippen molar-refractivity contribution in [2.45, 2.75) is 51.2 Å². The van der Waals surface area contributed by atoms with Gasteiger partial charge in [-0.25, -0.2) is 0 Å². The number of hydrogen-bond donors (Lipinski definition) is 3. The summed E-state index contributed by atoms with van der Waals surface area (Å²) in [6, 6.07) is 7.83. The molecule has 1 aromatic rings. The van der Waals surface area contributed by atoms with E-state index in [1.54, 1.807) is 6.08 Å². The summed E-state index contributed by atoms with van der Waals surface area (Å²) in [5, 5.41) is 21.8. The number of aliphatic hydroxyl groups excluding tert-OH is 2. The third kappa shape index (κ3) is 4.42. The summed E-state index contributed by atoms with van der Waals surface area (Å²) in [7, 11) is 0. The third-order valence-corrected chi connectivity index (χ3v) is 4.07. The predicted octanol–water partition coefficient (Wildman–Crippen LogP) is 2.61. The van der Waals surface area contributed by atoms with Crippen LogP contribution in [0.2, 0.25) is 0 Å². The molecule has 4 heteroatoms. The van der Waals surface area contributed by atoms with Crippen LogP contribution in [0.4, 0.5) is 5.69 Å². The van der Waals surface area contributed by atoms with Crippen molar-refractivity contribution < 1.29 is 15.0 Å². The first kappa shape index (κ1) is 16.7. The summed E-state index contributed by atoms with van der Waals surface area (Å²) in [6.07, 6.45) is 2.90. The molecule has 1 fully saturated rings. The quantitative estimate of drug-likeness (QED) is 0.752. The molecule has 0 bridgehead atoms. The molecule has 22 heavy (non-hydrogen) atoms. The van der Waals surface area contributed by atoms with Crippen LogP contribution in [0.3, 0.4) is 0 Å². The van der Waals surface area contributed by atoms with Gasteiger partial charge >= 0.3 is 0 Å². The van der Waals surface area contributed by atoms with Gasteiger partial charge in [0.25, 0.3) is 0 Å². The second kappa shape index (κ2) is 6.63. The predicted molar refractivity (Wildman–Crippen MR) is 87.6 cm³/mol. The maximum absolute atomic E-state index is 11.9. The van der Waals surface area contributed by atoms with E-state index < -0.39 is 12.2 Å². The van der Waals surface area contributed by atoms with Gasteiger partial charge in [-0.15, -0.1) is 0 Å². The number of anilines is 1. The van der Waals surface area contributed by atoms with Crippen molar-refractivity contribution in [3.05, 3.63) is 42.0 Å². The average Bonchev–Trinajstić information content (AvgIpc) is 2.75. The fraction of sp³-hybridized carbons (Fsp3) is 0.500. The van der Waals surface area contributed by atoms with E-state index in [4.69, 9.17) is 0 Å². The Kier molecular flexibility index (Phi) is 5.04. The van der Waals surface area contributed by atoms with E-state index in [0.29, 0.717) is 12.8 Å². The van der Waals surface area contributed by atoms with Crippen LogP contribution >= 0.6 is 0 Å². The fourth-order valence-electron chi connectivity index (χ4n) is 2.65. The standard InChI is InChI=1S/C18H25NO3/c1-18(2,3)13-5-7-14(8-6-13)19-17(22)9-4-12-10-15(20)16(21)11-12/h4-9,12,15-16,20-21H,10-11H2,1-3H3,(H,19,22)/b9-4+/t12?,15-,16+. The molecule has 1 aliphatic carbocycles.